The summed E-state index contributed by atoms with van der Waals surface area (Å²) in [5, 5.41) is 20.8. The van der Waals surface area contributed by atoms with Crippen molar-refractivity contribution < 1.29 is 19.1 Å². The first-order chi connectivity index (χ1) is 13.5. The molecule has 7 heteroatoms. The molecule has 0 atom stereocenters. The number of carbonyl (C=O) groups is 2. The molecule has 0 fully saturated rings. The highest BCUT2D eigenvalue weighted by atomic mass is 79.9. The lowest BCUT2D eigenvalue weighted by Gasteiger charge is -2.04. The van der Waals surface area contributed by atoms with Crippen molar-refractivity contribution >= 4 is 39.6 Å². The number of nitrogens with zero attached hydrogens (tertiary/aromatic N) is 1. The molecule has 28 heavy (non-hydrogen) atoms. The predicted molar refractivity (Wildman–Crippen MR) is 107 cm³/mol. The van der Waals surface area contributed by atoms with Crippen molar-refractivity contribution in [3.05, 3.63) is 82.0 Å². The summed E-state index contributed by atoms with van der Waals surface area (Å²) in [4.78, 5) is 23.2. The fourth-order valence-corrected chi connectivity index (χ4v) is 2.65. The van der Waals surface area contributed by atoms with Crippen LogP contribution in [0.4, 0.5) is 5.69 Å². The third kappa shape index (κ3) is 4.55. The van der Waals surface area contributed by atoms with Crippen LogP contribution in [0.25, 0.3) is 17.4 Å². The minimum Gasteiger partial charge on any atom is -0.478 e. The molecule has 1 aromatic heterocycles. The number of anilines is 1. The van der Waals surface area contributed by atoms with E-state index in [2.05, 4.69) is 21.2 Å². The molecular weight excluding hydrogens is 424 g/mol. The highest BCUT2D eigenvalue weighted by Crippen LogP contribution is 2.25. The van der Waals surface area contributed by atoms with E-state index in [1.807, 2.05) is 30.3 Å². The van der Waals surface area contributed by atoms with Gasteiger partial charge in [0.25, 0.3) is 5.91 Å². The summed E-state index contributed by atoms with van der Waals surface area (Å²) in [5.41, 5.74) is 1.21. The molecule has 0 saturated heterocycles. The average Bonchev–Trinajstić information content (AvgIpc) is 3.15. The quantitative estimate of drug-likeness (QED) is 0.434. The average molecular weight is 437 g/mol. The van der Waals surface area contributed by atoms with E-state index < -0.39 is 11.9 Å². The molecule has 3 rings (SSSR count). The Morgan fingerprint density at radius 2 is 1.71 bits per heavy atom. The number of nitriles is 1. The molecule has 0 spiro atoms. The van der Waals surface area contributed by atoms with Gasteiger partial charge in [-0.1, -0.05) is 28.1 Å². The van der Waals surface area contributed by atoms with Crippen molar-refractivity contribution in [1.29, 1.82) is 5.26 Å². The van der Waals surface area contributed by atoms with Crippen LogP contribution < -0.4 is 5.32 Å². The first-order valence-electron chi connectivity index (χ1n) is 8.08. The minimum absolute atomic E-state index is 0.102. The first kappa shape index (κ1) is 19.1. The van der Waals surface area contributed by atoms with Gasteiger partial charge >= 0.3 is 5.97 Å². The maximum atomic E-state index is 12.3. The number of amides is 1. The maximum Gasteiger partial charge on any atom is 0.335 e. The molecule has 0 radical (unpaired) electrons. The summed E-state index contributed by atoms with van der Waals surface area (Å²) in [6.45, 7) is 0. The number of hydrogen-bond donors (Lipinski definition) is 2. The number of rotatable bonds is 5. The molecule has 138 valence electrons. The van der Waals surface area contributed by atoms with Crippen LogP contribution in [-0.2, 0) is 4.79 Å². The van der Waals surface area contributed by atoms with Gasteiger partial charge in [-0.25, -0.2) is 4.79 Å². The van der Waals surface area contributed by atoms with Crippen LogP contribution in [0, 0.1) is 11.3 Å². The number of carbonyl (C=O) groups excluding carboxylic acids is 1. The second-order valence-electron chi connectivity index (χ2n) is 5.72. The molecule has 0 unspecified atom stereocenters. The maximum absolute atomic E-state index is 12.3. The van der Waals surface area contributed by atoms with Crippen molar-refractivity contribution in [3.63, 3.8) is 0 Å². The summed E-state index contributed by atoms with van der Waals surface area (Å²) in [6, 6.07) is 18.5. The highest BCUT2D eigenvalue weighted by molar-refractivity contribution is 9.10. The predicted octanol–water partition coefficient (Wildman–Crippen LogP) is 4.95. The summed E-state index contributed by atoms with van der Waals surface area (Å²) < 4.78 is 6.64. The standard InChI is InChI=1S/C21H13BrN2O4/c22-16-5-1-13(2-6-16)19-10-9-18(28-19)11-15(12-23)20(25)24-17-7-3-14(4-8-17)21(26)27/h1-11H,(H,24,25)(H,26,27)/b15-11+. The third-order valence-corrected chi connectivity index (χ3v) is 4.33. The van der Waals surface area contributed by atoms with Gasteiger partial charge in [0.05, 0.1) is 5.56 Å². The van der Waals surface area contributed by atoms with E-state index in [-0.39, 0.29) is 11.1 Å². The Morgan fingerprint density at radius 1 is 1.04 bits per heavy atom. The smallest absolute Gasteiger partial charge is 0.335 e. The zero-order chi connectivity index (χ0) is 20.1. The summed E-state index contributed by atoms with van der Waals surface area (Å²) in [7, 11) is 0. The normalized spacial score (nSPS) is 10.9. The molecule has 2 N–H and O–H groups in total. The van der Waals surface area contributed by atoms with E-state index in [1.165, 1.54) is 30.3 Å². The lowest BCUT2D eigenvalue weighted by atomic mass is 10.2. The molecular formula is C21H13BrN2O4. The van der Waals surface area contributed by atoms with Crippen LogP contribution in [-0.4, -0.2) is 17.0 Å². The molecule has 2 aromatic carbocycles. The zero-order valence-electron chi connectivity index (χ0n) is 14.3. The molecule has 0 aliphatic carbocycles. The van der Waals surface area contributed by atoms with Gasteiger partial charge < -0.3 is 14.8 Å². The number of aromatic carboxylic acids is 1. The number of halogens is 1. The number of benzene rings is 2. The van der Waals surface area contributed by atoms with Crippen LogP contribution in [0.2, 0.25) is 0 Å². The van der Waals surface area contributed by atoms with E-state index in [0.29, 0.717) is 17.2 Å². The van der Waals surface area contributed by atoms with Gasteiger partial charge in [-0.3, -0.25) is 4.79 Å². The van der Waals surface area contributed by atoms with Gasteiger partial charge in [0.15, 0.2) is 0 Å². The van der Waals surface area contributed by atoms with E-state index >= 15 is 0 Å². The van der Waals surface area contributed by atoms with Crippen molar-refractivity contribution in [2.75, 3.05) is 5.32 Å². The third-order valence-electron chi connectivity index (χ3n) is 3.80. The summed E-state index contributed by atoms with van der Waals surface area (Å²) in [5.74, 6) is -0.700. The minimum atomic E-state index is -1.06. The van der Waals surface area contributed by atoms with Gasteiger partial charge in [-0.15, -0.1) is 0 Å². The van der Waals surface area contributed by atoms with Crippen LogP contribution in [0.15, 0.2) is 75.1 Å². The van der Waals surface area contributed by atoms with Crippen LogP contribution in [0.1, 0.15) is 16.1 Å². The van der Waals surface area contributed by atoms with Crippen molar-refractivity contribution in [2.24, 2.45) is 0 Å². The number of furan rings is 1. The van der Waals surface area contributed by atoms with E-state index in [1.54, 1.807) is 12.1 Å². The van der Waals surface area contributed by atoms with Crippen LogP contribution in [0.5, 0.6) is 0 Å². The number of nitrogens with one attached hydrogen (secondary N) is 1. The Kier molecular flexibility index (Phi) is 5.72. The number of carboxylic acids is 1. The summed E-state index contributed by atoms with van der Waals surface area (Å²) >= 11 is 3.37. The molecule has 0 bridgehead atoms. The number of hydrogen-bond acceptors (Lipinski definition) is 4. The van der Waals surface area contributed by atoms with Crippen molar-refractivity contribution in [1.82, 2.24) is 0 Å². The molecule has 0 aliphatic rings. The van der Waals surface area contributed by atoms with Gasteiger partial charge in [-0.05, 0) is 48.5 Å². The van der Waals surface area contributed by atoms with Crippen molar-refractivity contribution in [2.45, 2.75) is 0 Å². The zero-order valence-corrected chi connectivity index (χ0v) is 15.9. The van der Waals surface area contributed by atoms with Crippen molar-refractivity contribution in [3.8, 4) is 17.4 Å². The Balaban J connectivity index is 1.76. The Labute approximate surface area is 168 Å². The Morgan fingerprint density at radius 3 is 2.32 bits per heavy atom. The lowest BCUT2D eigenvalue weighted by Crippen LogP contribution is -2.13. The largest absolute Gasteiger partial charge is 0.478 e. The molecule has 0 saturated carbocycles. The summed E-state index contributed by atoms with van der Waals surface area (Å²) in [6.07, 6.45) is 1.35. The molecule has 6 nitrogen and oxygen atoms in total. The van der Waals surface area contributed by atoms with Crippen LogP contribution >= 0.6 is 15.9 Å². The molecule has 3 aromatic rings. The Bertz CT molecular complexity index is 1090. The SMILES string of the molecule is N#C/C(=C\c1ccc(-c2ccc(Br)cc2)o1)C(=O)Nc1ccc(C(=O)O)cc1. The van der Waals surface area contributed by atoms with Gasteiger partial charge in [0, 0.05) is 21.8 Å². The van der Waals surface area contributed by atoms with Gasteiger partial charge in [0.1, 0.15) is 23.2 Å². The second kappa shape index (κ2) is 8.37. The Hall–Kier alpha value is -3.63. The van der Waals surface area contributed by atoms with Crippen LogP contribution in [0.3, 0.4) is 0 Å². The first-order valence-corrected chi connectivity index (χ1v) is 8.88. The molecule has 1 heterocycles. The van der Waals surface area contributed by atoms with E-state index in [9.17, 15) is 14.9 Å². The van der Waals surface area contributed by atoms with Gasteiger partial charge in [-0.2, -0.15) is 5.26 Å². The fourth-order valence-electron chi connectivity index (χ4n) is 2.39. The highest BCUT2D eigenvalue weighted by Gasteiger charge is 2.12. The molecule has 0 aliphatic heterocycles. The molecule has 1 amide bonds. The topological polar surface area (TPSA) is 103 Å². The lowest BCUT2D eigenvalue weighted by molar-refractivity contribution is -0.112. The number of carboxylic acid groups (broad SMARTS) is 1. The van der Waals surface area contributed by atoms with Gasteiger partial charge in [0.2, 0.25) is 0 Å². The van der Waals surface area contributed by atoms with E-state index in [0.717, 1.165) is 10.0 Å². The monoisotopic (exact) mass is 436 g/mol. The van der Waals surface area contributed by atoms with E-state index in [4.69, 9.17) is 9.52 Å². The second-order valence-corrected chi connectivity index (χ2v) is 6.63. The fraction of sp³-hybridized carbons (Fsp3) is 0.